The number of nitrogens with zero attached hydrogens (tertiary/aromatic N) is 2. The Bertz CT molecular complexity index is 252. The van der Waals surface area contributed by atoms with Gasteiger partial charge in [-0.15, -0.1) is 0 Å². The fourth-order valence-electron chi connectivity index (χ4n) is 2.64. The molecule has 1 aliphatic heterocycles. The lowest BCUT2D eigenvalue weighted by Gasteiger charge is -2.44. The van der Waals surface area contributed by atoms with Gasteiger partial charge in [-0.25, -0.2) is 0 Å². The van der Waals surface area contributed by atoms with Crippen LogP contribution in [-0.2, 0) is 4.79 Å². The molecular weight excluding hydrogens is 200 g/mol. The van der Waals surface area contributed by atoms with E-state index in [4.69, 9.17) is 0 Å². The van der Waals surface area contributed by atoms with Crippen LogP contribution in [0.25, 0.3) is 0 Å². The summed E-state index contributed by atoms with van der Waals surface area (Å²) in [6, 6.07) is 0.960. The zero-order valence-electron chi connectivity index (χ0n) is 11.5. The molecule has 0 radical (unpaired) electrons. The molecule has 0 saturated carbocycles. The van der Waals surface area contributed by atoms with E-state index in [1.165, 1.54) is 0 Å². The van der Waals surface area contributed by atoms with Gasteiger partial charge in [0.15, 0.2) is 0 Å². The summed E-state index contributed by atoms with van der Waals surface area (Å²) in [4.78, 5) is 16.3. The van der Waals surface area contributed by atoms with Crippen LogP contribution in [0.1, 0.15) is 34.1 Å². The van der Waals surface area contributed by atoms with Gasteiger partial charge in [0.1, 0.15) is 0 Å². The van der Waals surface area contributed by atoms with Crippen LogP contribution in [0.4, 0.5) is 0 Å². The average molecular weight is 226 g/mol. The number of hydrogen-bond acceptors (Lipinski definition) is 2. The molecule has 3 atom stereocenters. The van der Waals surface area contributed by atoms with Crippen LogP contribution >= 0.6 is 0 Å². The van der Waals surface area contributed by atoms with Crippen LogP contribution in [0.3, 0.4) is 0 Å². The molecule has 0 aromatic heterocycles. The molecule has 1 rings (SSSR count). The molecule has 1 amide bonds. The van der Waals surface area contributed by atoms with Crippen molar-refractivity contribution in [3.63, 3.8) is 0 Å². The van der Waals surface area contributed by atoms with Gasteiger partial charge in [-0.05, 0) is 26.3 Å². The molecule has 0 aromatic rings. The van der Waals surface area contributed by atoms with E-state index in [-0.39, 0.29) is 11.8 Å². The first kappa shape index (κ1) is 13.5. The maximum absolute atomic E-state index is 12.0. The molecule has 0 N–H and O–H groups in total. The van der Waals surface area contributed by atoms with Gasteiger partial charge in [0.2, 0.25) is 5.91 Å². The first-order valence-corrected chi connectivity index (χ1v) is 6.33. The SMILES string of the molecule is CC(C)C(=O)N(C)C1CCN(C)C(C)C1C. The van der Waals surface area contributed by atoms with E-state index in [2.05, 4.69) is 25.8 Å². The lowest BCUT2D eigenvalue weighted by Crippen LogP contribution is -2.54. The number of piperidine rings is 1. The topological polar surface area (TPSA) is 23.6 Å². The highest BCUT2D eigenvalue weighted by Gasteiger charge is 2.34. The second kappa shape index (κ2) is 5.17. The Balaban J connectivity index is 2.70. The van der Waals surface area contributed by atoms with E-state index in [1.807, 2.05) is 25.8 Å². The Labute approximate surface area is 99.8 Å². The van der Waals surface area contributed by atoms with Gasteiger partial charge in [0.25, 0.3) is 0 Å². The number of rotatable bonds is 2. The molecule has 16 heavy (non-hydrogen) atoms. The van der Waals surface area contributed by atoms with Crippen molar-refractivity contribution in [1.29, 1.82) is 0 Å². The van der Waals surface area contributed by atoms with Gasteiger partial charge in [-0.3, -0.25) is 4.79 Å². The van der Waals surface area contributed by atoms with Crippen molar-refractivity contribution < 1.29 is 4.79 Å². The van der Waals surface area contributed by atoms with Crippen molar-refractivity contribution in [2.45, 2.75) is 46.2 Å². The monoisotopic (exact) mass is 226 g/mol. The third-order valence-corrected chi connectivity index (χ3v) is 4.18. The maximum Gasteiger partial charge on any atom is 0.225 e. The minimum absolute atomic E-state index is 0.104. The number of hydrogen-bond donors (Lipinski definition) is 0. The van der Waals surface area contributed by atoms with E-state index in [0.29, 0.717) is 18.0 Å². The molecular formula is C13H26N2O. The molecule has 3 heteroatoms. The second-order valence-corrected chi connectivity index (χ2v) is 5.54. The van der Waals surface area contributed by atoms with Crippen LogP contribution in [0.15, 0.2) is 0 Å². The van der Waals surface area contributed by atoms with Crippen LogP contribution in [0.5, 0.6) is 0 Å². The van der Waals surface area contributed by atoms with Gasteiger partial charge >= 0.3 is 0 Å². The molecule has 1 saturated heterocycles. The lowest BCUT2D eigenvalue weighted by molar-refractivity contribution is -0.137. The van der Waals surface area contributed by atoms with E-state index in [0.717, 1.165) is 13.0 Å². The third-order valence-electron chi connectivity index (χ3n) is 4.18. The predicted octanol–water partition coefficient (Wildman–Crippen LogP) is 1.83. The highest BCUT2D eigenvalue weighted by atomic mass is 16.2. The second-order valence-electron chi connectivity index (χ2n) is 5.54. The minimum Gasteiger partial charge on any atom is -0.342 e. The summed E-state index contributed by atoms with van der Waals surface area (Å²) in [5, 5.41) is 0. The summed E-state index contributed by atoms with van der Waals surface area (Å²) in [5.41, 5.74) is 0. The van der Waals surface area contributed by atoms with Crippen LogP contribution < -0.4 is 0 Å². The van der Waals surface area contributed by atoms with E-state index < -0.39 is 0 Å². The highest BCUT2D eigenvalue weighted by Crippen LogP contribution is 2.26. The molecule has 1 heterocycles. The zero-order chi connectivity index (χ0) is 12.5. The summed E-state index contributed by atoms with van der Waals surface area (Å²) < 4.78 is 0. The van der Waals surface area contributed by atoms with Crippen molar-refractivity contribution >= 4 is 5.91 Å². The molecule has 0 spiro atoms. The number of carbonyl (C=O) groups is 1. The average Bonchev–Trinajstić information content (AvgIpc) is 2.24. The van der Waals surface area contributed by atoms with Crippen molar-refractivity contribution in [2.24, 2.45) is 11.8 Å². The van der Waals surface area contributed by atoms with Gasteiger partial charge in [0.05, 0.1) is 0 Å². The predicted molar refractivity (Wildman–Crippen MR) is 67.3 cm³/mol. The summed E-state index contributed by atoms with van der Waals surface area (Å²) in [7, 11) is 4.13. The van der Waals surface area contributed by atoms with Crippen molar-refractivity contribution in [2.75, 3.05) is 20.6 Å². The number of carbonyl (C=O) groups excluding carboxylic acids is 1. The van der Waals surface area contributed by atoms with Crippen LogP contribution in [0.2, 0.25) is 0 Å². The third kappa shape index (κ3) is 2.57. The van der Waals surface area contributed by atoms with Gasteiger partial charge in [0, 0.05) is 31.6 Å². The first-order valence-electron chi connectivity index (χ1n) is 6.33. The van der Waals surface area contributed by atoms with E-state index in [1.54, 1.807) is 0 Å². The minimum atomic E-state index is 0.104. The molecule has 3 nitrogen and oxygen atoms in total. The Morgan fingerprint density at radius 3 is 2.44 bits per heavy atom. The Morgan fingerprint density at radius 2 is 1.94 bits per heavy atom. The number of likely N-dealkylation sites (tertiary alicyclic amines) is 1. The Morgan fingerprint density at radius 1 is 1.38 bits per heavy atom. The molecule has 3 unspecified atom stereocenters. The molecule has 0 bridgehead atoms. The van der Waals surface area contributed by atoms with Crippen LogP contribution in [-0.4, -0.2) is 48.4 Å². The fraction of sp³-hybridized carbons (Fsp3) is 0.923. The quantitative estimate of drug-likeness (QED) is 0.717. The summed E-state index contributed by atoms with van der Waals surface area (Å²) >= 11 is 0. The largest absolute Gasteiger partial charge is 0.342 e. The molecule has 0 aromatic carbocycles. The lowest BCUT2D eigenvalue weighted by atomic mass is 9.86. The Kier molecular flexibility index (Phi) is 4.36. The first-order chi connectivity index (χ1) is 7.36. The van der Waals surface area contributed by atoms with E-state index in [9.17, 15) is 4.79 Å². The van der Waals surface area contributed by atoms with Gasteiger partial charge in [-0.1, -0.05) is 20.8 Å². The molecule has 94 valence electrons. The Hall–Kier alpha value is -0.570. The van der Waals surface area contributed by atoms with Crippen molar-refractivity contribution in [1.82, 2.24) is 9.80 Å². The standard InChI is InChI=1S/C13H26N2O/c1-9(2)13(16)15(6)12-7-8-14(5)11(4)10(12)3/h9-12H,7-8H2,1-6H3. The smallest absolute Gasteiger partial charge is 0.225 e. The van der Waals surface area contributed by atoms with E-state index >= 15 is 0 Å². The van der Waals surface area contributed by atoms with Gasteiger partial charge < -0.3 is 9.80 Å². The maximum atomic E-state index is 12.0. The van der Waals surface area contributed by atoms with Crippen molar-refractivity contribution in [3.05, 3.63) is 0 Å². The molecule has 0 aliphatic carbocycles. The molecule has 1 fully saturated rings. The fourth-order valence-corrected chi connectivity index (χ4v) is 2.64. The van der Waals surface area contributed by atoms with Crippen LogP contribution in [0, 0.1) is 11.8 Å². The number of amides is 1. The zero-order valence-corrected chi connectivity index (χ0v) is 11.5. The van der Waals surface area contributed by atoms with Crippen molar-refractivity contribution in [3.8, 4) is 0 Å². The van der Waals surface area contributed by atoms with Gasteiger partial charge in [-0.2, -0.15) is 0 Å². The normalized spacial score (nSPS) is 31.8. The summed E-state index contributed by atoms with van der Waals surface area (Å²) in [6.07, 6.45) is 1.09. The molecule has 1 aliphatic rings. The summed E-state index contributed by atoms with van der Waals surface area (Å²) in [5.74, 6) is 0.923. The highest BCUT2D eigenvalue weighted by molar-refractivity contribution is 5.78. The summed E-state index contributed by atoms with van der Waals surface area (Å²) in [6.45, 7) is 9.55.